The van der Waals surface area contributed by atoms with Crippen molar-refractivity contribution in [2.75, 3.05) is 25.5 Å². The highest BCUT2D eigenvalue weighted by molar-refractivity contribution is 7.66. The van der Waals surface area contributed by atoms with Gasteiger partial charge in [-0.2, -0.15) is 0 Å². The van der Waals surface area contributed by atoms with Crippen LogP contribution in [0.25, 0.3) is 0 Å². The van der Waals surface area contributed by atoms with Crippen LogP contribution in [0.15, 0.2) is 0 Å². The molecule has 0 aromatic carbocycles. The number of nitrogens with zero attached hydrogens (tertiary/aromatic N) is 1. The molecule has 0 aliphatic rings. The Morgan fingerprint density at radius 1 is 0.882 bits per heavy atom. The minimum absolute atomic E-state index is 0.105. The lowest BCUT2D eigenvalue weighted by Gasteiger charge is -2.43. The lowest BCUT2D eigenvalue weighted by Crippen LogP contribution is -2.35. The van der Waals surface area contributed by atoms with Crippen LogP contribution in [-0.4, -0.2) is 35.5 Å². The van der Waals surface area contributed by atoms with Crippen LogP contribution in [0.3, 0.4) is 0 Å². The summed E-state index contributed by atoms with van der Waals surface area (Å²) < 4.78 is 14.2. The fraction of sp³-hybridized carbons (Fsp3) is 1.00. The number of hydrogen-bond acceptors (Lipinski definition) is 3. The summed E-state index contributed by atoms with van der Waals surface area (Å²) in [5.74, 6) is 0. The Hall–Kier alpha value is 0.740. The van der Waals surface area contributed by atoms with Crippen molar-refractivity contribution in [3.05, 3.63) is 0 Å². The standard InChI is InChI=1S/C12H29NO2P2/c1-8-14-17(15-9-2)13(12(5,6)7)16(10-3)11-4/h8-11H2,1-7H3. The van der Waals surface area contributed by atoms with Gasteiger partial charge in [0.05, 0.1) is 13.2 Å². The van der Waals surface area contributed by atoms with Gasteiger partial charge in [-0.25, -0.2) is 4.44 Å². The number of hydrogen-bond donors (Lipinski definition) is 0. The van der Waals surface area contributed by atoms with Gasteiger partial charge in [0, 0.05) is 5.54 Å². The summed E-state index contributed by atoms with van der Waals surface area (Å²) in [4.78, 5) is 0. The fourth-order valence-corrected chi connectivity index (χ4v) is 6.58. The molecule has 3 nitrogen and oxygen atoms in total. The molecule has 0 aliphatic carbocycles. The van der Waals surface area contributed by atoms with Crippen LogP contribution >= 0.6 is 16.6 Å². The molecule has 5 heteroatoms. The third-order valence-corrected chi connectivity index (χ3v) is 7.89. The first-order valence-corrected chi connectivity index (χ1v) is 9.32. The number of rotatable bonds is 8. The maximum Gasteiger partial charge on any atom is 0.263 e. The summed E-state index contributed by atoms with van der Waals surface area (Å²) in [5.41, 5.74) is 0.105. The Labute approximate surface area is 110 Å². The Kier molecular flexibility index (Phi) is 9.16. The van der Waals surface area contributed by atoms with Gasteiger partial charge in [-0.1, -0.05) is 13.8 Å². The predicted octanol–water partition coefficient (Wildman–Crippen LogP) is 4.82. The highest BCUT2D eigenvalue weighted by Gasteiger charge is 2.35. The Morgan fingerprint density at radius 3 is 1.53 bits per heavy atom. The summed E-state index contributed by atoms with van der Waals surface area (Å²) in [5, 5.41) is 0. The van der Waals surface area contributed by atoms with Crippen LogP contribution in [0, 0.1) is 0 Å². The van der Waals surface area contributed by atoms with Crippen molar-refractivity contribution in [1.82, 2.24) is 4.44 Å². The van der Waals surface area contributed by atoms with E-state index in [9.17, 15) is 0 Å². The molecule has 0 aliphatic heterocycles. The highest BCUT2D eigenvalue weighted by Crippen LogP contribution is 2.61. The fourth-order valence-electron chi connectivity index (χ4n) is 1.63. The first-order valence-electron chi connectivity index (χ1n) is 6.53. The normalized spacial score (nSPS) is 13.1. The molecule has 0 radical (unpaired) electrons. The molecule has 0 aromatic heterocycles. The second kappa shape index (κ2) is 8.77. The lowest BCUT2D eigenvalue weighted by atomic mass is 10.1. The molecule has 17 heavy (non-hydrogen) atoms. The molecule has 0 N–H and O–H groups in total. The largest absolute Gasteiger partial charge is 0.322 e. The third-order valence-electron chi connectivity index (χ3n) is 2.23. The van der Waals surface area contributed by atoms with Crippen molar-refractivity contribution in [3.8, 4) is 0 Å². The first-order chi connectivity index (χ1) is 7.92. The molecule has 0 fully saturated rings. The van der Waals surface area contributed by atoms with E-state index in [-0.39, 0.29) is 13.6 Å². The first kappa shape index (κ1) is 17.7. The minimum Gasteiger partial charge on any atom is -0.322 e. The molecule has 0 saturated carbocycles. The van der Waals surface area contributed by atoms with Gasteiger partial charge in [0.2, 0.25) is 0 Å². The van der Waals surface area contributed by atoms with E-state index in [1.807, 2.05) is 13.8 Å². The quantitative estimate of drug-likeness (QED) is 0.595. The molecular weight excluding hydrogens is 252 g/mol. The average molecular weight is 281 g/mol. The van der Waals surface area contributed by atoms with Crippen LogP contribution in [0.5, 0.6) is 0 Å². The average Bonchev–Trinajstić information content (AvgIpc) is 2.24. The van der Waals surface area contributed by atoms with Crippen LogP contribution < -0.4 is 0 Å². The predicted molar refractivity (Wildman–Crippen MR) is 79.8 cm³/mol. The summed E-state index contributed by atoms with van der Waals surface area (Å²) in [6.07, 6.45) is 2.39. The smallest absolute Gasteiger partial charge is 0.263 e. The molecule has 0 rings (SSSR count). The van der Waals surface area contributed by atoms with Crippen LogP contribution in [0.1, 0.15) is 48.5 Å². The van der Waals surface area contributed by atoms with Crippen molar-refractivity contribution in [1.29, 1.82) is 0 Å². The molecular formula is C12H29NO2P2. The van der Waals surface area contributed by atoms with E-state index in [4.69, 9.17) is 9.05 Å². The molecule has 104 valence electrons. The zero-order valence-electron chi connectivity index (χ0n) is 12.5. The Balaban J connectivity index is 4.96. The van der Waals surface area contributed by atoms with Gasteiger partial charge in [-0.15, -0.1) is 0 Å². The third kappa shape index (κ3) is 5.94. The molecule has 0 atom stereocenters. The zero-order chi connectivity index (χ0) is 13.5. The highest BCUT2D eigenvalue weighted by atomic mass is 31.2. The van der Waals surface area contributed by atoms with Crippen LogP contribution in [0.4, 0.5) is 0 Å². The maximum absolute atomic E-state index is 5.84. The molecule has 0 unspecified atom stereocenters. The summed E-state index contributed by atoms with van der Waals surface area (Å²) in [6.45, 7) is 16.8. The topological polar surface area (TPSA) is 21.7 Å². The van der Waals surface area contributed by atoms with Gasteiger partial charge in [0.1, 0.15) is 0 Å². The Morgan fingerprint density at radius 2 is 1.29 bits per heavy atom. The van der Waals surface area contributed by atoms with Gasteiger partial charge in [0.15, 0.2) is 0 Å². The van der Waals surface area contributed by atoms with Crippen molar-refractivity contribution in [3.63, 3.8) is 0 Å². The van der Waals surface area contributed by atoms with Gasteiger partial charge in [-0.05, 0) is 55.0 Å². The van der Waals surface area contributed by atoms with E-state index in [0.717, 1.165) is 13.2 Å². The monoisotopic (exact) mass is 281 g/mol. The van der Waals surface area contributed by atoms with Gasteiger partial charge >= 0.3 is 0 Å². The van der Waals surface area contributed by atoms with Gasteiger partial charge in [0.25, 0.3) is 8.53 Å². The summed E-state index contributed by atoms with van der Waals surface area (Å²) in [7, 11) is -1.06. The molecule has 0 heterocycles. The van der Waals surface area contributed by atoms with E-state index in [1.54, 1.807) is 0 Å². The van der Waals surface area contributed by atoms with E-state index in [1.165, 1.54) is 12.3 Å². The van der Waals surface area contributed by atoms with Gasteiger partial charge in [-0.3, -0.25) is 0 Å². The molecule has 0 bridgehead atoms. The molecule has 0 saturated heterocycles. The summed E-state index contributed by atoms with van der Waals surface area (Å²) in [6, 6.07) is 0. The van der Waals surface area contributed by atoms with E-state index >= 15 is 0 Å². The second-order valence-electron chi connectivity index (χ2n) is 4.67. The second-order valence-corrected chi connectivity index (χ2v) is 9.06. The SMILES string of the molecule is CCOP(OCC)N(P(CC)CC)C(C)(C)C. The van der Waals surface area contributed by atoms with Crippen molar-refractivity contribution in [2.45, 2.75) is 54.0 Å². The van der Waals surface area contributed by atoms with E-state index in [0.29, 0.717) is 0 Å². The van der Waals surface area contributed by atoms with E-state index in [2.05, 4.69) is 39.1 Å². The molecule has 0 aromatic rings. The maximum atomic E-state index is 5.84. The Bertz CT molecular complexity index is 187. The van der Waals surface area contributed by atoms with Crippen LogP contribution in [0.2, 0.25) is 0 Å². The van der Waals surface area contributed by atoms with Crippen molar-refractivity contribution >= 4 is 16.6 Å². The van der Waals surface area contributed by atoms with Crippen LogP contribution in [-0.2, 0) is 9.05 Å². The molecule has 0 amide bonds. The van der Waals surface area contributed by atoms with E-state index < -0.39 is 8.53 Å². The lowest BCUT2D eigenvalue weighted by molar-refractivity contribution is 0.217. The van der Waals surface area contributed by atoms with Crippen molar-refractivity contribution < 1.29 is 9.05 Å². The zero-order valence-corrected chi connectivity index (χ0v) is 14.3. The summed E-state index contributed by atoms with van der Waals surface area (Å²) >= 11 is 0. The minimum atomic E-state index is -0.901. The van der Waals surface area contributed by atoms with Gasteiger partial charge < -0.3 is 9.05 Å². The molecule has 0 spiro atoms. The van der Waals surface area contributed by atoms with Crippen molar-refractivity contribution in [2.24, 2.45) is 0 Å².